The van der Waals surface area contributed by atoms with Crippen LogP contribution >= 0.6 is 0 Å². The second-order valence-corrected chi connectivity index (χ2v) is 7.91. The summed E-state index contributed by atoms with van der Waals surface area (Å²) in [6.45, 7) is 3.80. The Labute approximate surface area is 158 Å². The number of sulfonamides is 1. The lowest BCUT2D eigenvalue weighted by molar-refractivity contribution is 0.601. The third kappa shape index (κ3) is 4.75. The van der Waals surface area contributed by atoms with E-state index in [4.69, 9.17) is 0 Å². The van der Waals surface area contributed by atoms with Gasteiger partial charge in [-0.1, -0.05) is 35.6 Å². The lowest BCUT2D eigenvalue weighted by Crippen LogP contribution is -2.14. The maximum absolute atomic E-state index is 13.0. The zero-order valence-corrected chi connectivity index (χ0v) is 15.8. The van der Waals surface area contributed by atoms with E-state index >= 15 is 0 Å². The lowest BCUT2D eigenvalue weighted by atomic mass is 10.1. The number of rotatable bonds is 3. The van der Waals surface area contributed by atoms with Gasteiger partial charge in [-0.05, 0) is 67.9 Å². The summed E-state index contributed by atoms with van der Waals surface area (Å²) in [4.78, 5) is 0.186. The molecule has 0 aliphatic rings. The molecule has 5 heteroatoms. The van der Waals surface area contributed by atoms with Crippen molar-refractivity contribution in [3.63, 3.8) is 0 Å². The normalized spacial score (nSPS) is 10.8. The summed E-state index contributed by atoms with van der Waals surface area (Å²) in [7, 11) is -3.72. The molecule has 3 nitrogen and oxygen atoms in total. The number of hydrogen-bond donors (Lipinski definition) is 1. The maximum Gasteiger partial charge on any atom is 0.261 e. The van der Waals surface area contributed by atoms with E-state index in [9.17, 15) is 12.8 Å². The first kappa shape index (κ1) is 18.7. The predicted molar refractivity (Wildman–Crippen MR) is 106 cm³/mol. The Balaban J connectivity index is 1.95. The number of nitrogens with one attached hydrogen (secondary N) is 1. The fourth-order valence-corrected chi connectivity index (χ4v) is 3.52. The first-order chi connectivity index (χ1) is 12.8. The summed E-state index contributed by atoms with van der Waals surface area (Å²) >= 11 is 0. The first-order valence-corrected chi connectivity index (χ1v) is 9.79. The molecule has 0 saturated heterocycles. The predicted octanol–water partition coefficient (Wildman–Crippen LogP) is 4.64. The molecule has 0 amide bonds. The largest absolute Gasteiger partial charge is 0.278 e. The molecule has 0 fully saturated rings. The van der Waals surface area contributed by atoms with Gasteiger partial charge in [0.25, 0.3) is 10.0 Å². The number of hydrogen-bond acceptors (Lipinski definition) is 2. The fraction of sp³-hybridized carbons (Fsp3) is 0.0909. The second kappa shape index (κ2) is 7.65. The van der Waals surface area contributed by atoms with Crippen LogP contribution in [0.2, 0.25) is 0 Å². The molecule has 3 rings (SSSR count). The van der Waals surface area contributed by atoms with E-state index in [0.717, 1.165) is 11.1 Å². The van der Waals surface area contributed by atoms with Gasteiger partial charge in [0, 0.05) is 11.1 Å². The van der Waals surface area contributed by atoms with E-state index in [2.05, 4.69) is 16.6 Å². The molecule has 0 radical (unpaired) electrons. The van der Waals surface area contributed by atoms with Crippen molar-refractivity contribution in [2.24, 2.45) is 0 Å². The van der Waals surface area contributed by atoms with E-state index in [1.165, 1.54) is 12.1 Å². The summed E-state index contributed by atoms with van der Waals surface area (Å²) in [5.41, 5.74) is 3.53. The average molecular weight is 379 g/mol. The van der Waals surface area contributed by atoms with Gasteiger partial charge in [-0.25, -0.2) is 12.8 Å². The smallest absolute Gasteiger partial charge is 0.261 e. The fourth-order valence-electron chi connectivity index (χ4n) is 2.44. The molecular formula is C22H18FNO2S. The molecule has 1 N–H and O–H groups in total. The summed E-state index contributed by atoms with van der Waals surface area (Å²) in [6, 6.07) is 17.8. The summed E-state index contributed by atoms with van der Waals surface area (Å²) < 4.78 is 40.9. The van der Waals surface area contributed by atoms with Crippen LogP contribution in [-0.2, 0) is 10.0 Å². The highest BCUT2D eigenvalue weighted by atomic mass is 32.2. The molecular weight excluding hydrogens is 361 g/mol. The molecule has 0 unspecified atom stereocenters. The van der Waals surface area contributed by atoms with Crippen molar-refractivity contribution < 1.29 is 12.8 Å². The Bertz CT molecular complexity index is 1120. The van der Waals surface area contributed by atoms with E-state index in [-0.39, 0.29) is 10.7 Å². The second-order valence-electron chi connectivity index (χ2n) is 6.22. The van der Waals surface area contributed by atoms with E-state index in [0.29, 0.717) is 16.8 Å². The van der Waals surface area contributed by atoms with Crippen LogP contribution in [0.1, 0.15) is 22.3 Å². The van der Waals surface area contributed by atoms with Crippen molar-refractivity contribution >= 4 is 15.7 Å². The van der Waals surface area contributed by atoms with E-state index in [1.54, 1.807) is 42.5 Å². The van der Waals surface area contributed by atoms with Crippen molar-refractivity contribution in [2.45, 2.75) is 18.7 Å². The highest BCUT2D eigenvalue weighted by Gasteiger charge is 2.15. The Morgan fingerprint density at radius 1 is 0.815 bits per heavy atom. The van der Waals surface area contributed by atoms with Gasteiger partial charge in [0.1, 0.15) is 5.82 Å². The SMILES string of the molecule is Cc1ccc(S(=O)(=O)Nc2ccc(C)cc2C#Cc2ccc(F)cc2)cc1. The van der Waals surface area contributed by atoms with Gasteiger partial charge in [0.05, 0.1) is 10.6 Å². The van der Waals surface area contributed by atoms with Crippen LogP contribution < -0.4 is 4.72 Å². The van der Waals surface area contributed by atoms with Crippen LogP contribution in [0.3, 0.4) is 0 Å². The minimum absolute atomic E-state index is 0.186. The van der Waals surface area contributed by atoms with Gasteiger partial charge >= 0.3 is 0 Å². The topological polar surface area (TPSA) is 46.2 Å². The highest BCUT2D eigenvalue weighted by molar-refractivity contribution is 7.92. The van der Waals surface area contributed by atoms with Crippen LogP contribution in [0.4, 0.5) is 10.1 Å². The third-order valence-electron chi connectivity index (χ3n) is 3.94. The molecule has 3 aromatic rings. The van der Waals surface area contributed by atoms with Crippen LogP contribution in [0.5, 0.6) is 0 Å². The minimum atomic E-state index is -3.72. The summed E-state index contributed by atoms with van der Waals surface area (Å²) in [5.74, 6) is 5.58. The van der Waals surface area contributed by atoms with Crippen molar-refractivity contribution in [1.82, 2.24) is 0 Å². The number of benzene rings is 3. The van der Waals surface area contributed by atoms with Gasteiger partial charge in [-0.3, -0.25) is 4.72 Å². The molecule has 0 atom stereocenters. The van der Waals surface area contributed by atoms with Crippen LogP contribution in [0.15, 0.2) is 71.6 Å². The highest BCUT2D eigenvalue weighted by Crippen LogP contribution is 2.21. The molecule has 0 heterocycles. The Morgan fingerprint density at radius 2 is 1.44 bits per heavy atom. The zero-order chi connectivity index (χ0) is 19.4. The monoisotopic (exact) mass is 379 g/mol. The maximum atomic E-state index is 13.0. The van der Waals surface area contributed by atoms with Crippen molar-refractivity contribution in [3.05, 3.63) is 94.8 Å². The number of halogens is 1. The lowest BCUT2D eigenvalue weighted by Gasteiger charge is -2.11. The van der Waals surface area contributed by atoms with Crippen molar-refractivity contribution in [1.29, 1.82) is 0 Å². The van der Waals surface area contributed by atoms with E-state index < -0.39 is 10.0 Å². The molecule has 0 aliphatic heterocycles. The van der Waals surface area contributed by atoms with Crippen molar-refractivity contribution in [2.75, 3.05) is 4.72 Å². The molecule has 27 heavy (non-hydrogen) atoms. The average Bonchev–Trinajstić information content (AvgIpc) is 2.63. The summed E-state index contributed by atoms with van der Waals surface area (Å²) in [5, 5.41) is 0. The van der Waals surface area contributed by atoms with Crippen molar-refractivity contribution in [3.8, 4) is 11.8 Å². The molecule has 3 aromatic carbocycles. The molecule has 0 aliphatic carbocycles. The minimum Gasteiger partial charge on any atom is -0.278 e. The van der Waals surface area contributed by atoms with Crippen LogP contribution in [-0.4, -0.2) is 8.42 Å². The molecule has 0 saturated carbocycles. The Morgan fingerprint density at radius 3 is 2.11 bits per heavy atom. The van der Waals surface area contributed by atoms with Gasteiger partial charge in [0.15, 0.2) is 0 Å². The van der Waals surface area contributed by atoms with Gasteiger partial charge in [-0.2, -0.15) is 0 Å². The standard InChI is InChI=1S/C22H18FNO2S/c1-16-3-12-21(13-4-16)27(25,26)24-22-14-5-17(2)15-19(22)9-6-18-7-10-20(23)11-8-18/h3-5,7-8,10-15,24H,1-2H3. The number of anilines is 1. The van der Waals surface area contributed by atoms with E-state index in [1.807, 2.05) is 26.0 Å². The Kier molecular flexibility index (Phi) is 5.29. The molecule has 0 bridgehead atoms. The first-order valence-electron chi connectivity index (χ1n) is 8.31. The zero-order valence-electron chi connectivity index (χ0n) is 15.0. The van der Waals surface area contributed by atoms with Gasteiger partial charge in [0.2, 0.25) is 0 Å². The van der Waals surface area contributed by atoms with Crippen LogP contribution in [0.25, 0.3) is 0 Å². The number of aryl methyl sites for hydroxylation is 2. The molecule has 0 spiro atoms. The third-order valence-corrected chi connectivity index (χ3v) is 5.32. The quantitative estimate of drug-likeness (QED) is 0.674. The summed E-state index contributed by atoms with van der Waals surface area (Å²) in [6.07, 6.45) is 0. The molecule has 0 aromatic heterocycles. The van der Waals surface area contributed by atoms with Crippen LogP contribution in [0, 0.1) is 31.5 Å². The molecule has 136 valence electrons. The van der Waals surface area contributed by atoms with Gasteiger partial charge in [-0.15, -0.1) is 0 Å². The van der Waals surface area contributed by atoms with Gasteiger partial charge < -0.3 is 0 Å². The Hall–Kier alpha value is -3.10.